The van der Waals surface area contributed by atoms with Crippen LogP contribution in [0.25, 0.3) is 0 Å². The highest BCUT2D eigenvalue weighted by atomic mass is 31.2. The molecule has 2 unspecified atom stereocenters. The highest BCUT2D eigenvalue weighted by Crippen LogP contribution is 2.43. The van der Waals surface area contributed by atoms with E-state index in [0.717, 1.165) is 51.4 Å². The van der Waals surface area contributed by atoms with E-state index in [1.165, 1.54) is 122 Å². The zero-order valence-electron chi connectivity index (χ0n) is 35.0. The Kier molecular flexibility index (Phi) is 38.1. The maximum Gasteiger partial charge on any atom is 0.472 e. The second-order valence-corrected chi connectivity index (χ2v) is 16.7. The Morgan fingerprint density at radius 3 is 1.40 bits per heavy atom. The van der Waals surface area contributed by atoms with Gasteiger partial charge in [0.2, 0.25) is 0 Å². The second kappa shape index (κ2) is 39.0. The van der Waals surface area contributed by atoms with E-state index in [9.17, 15) is 19.0 Å². The van der Waals surface area contributed by atoms with E-state index < -0.39 is 26.5 Å². The molecule has 0 amide bonds. The molecule has 0 aromatic carbocycles. The van der Waals surface area contributed by atoms with Gasteiger partial charge in [0.25, 0.3) is 0 Å². The molecule has 0 heterocycles. The van der Waals surface area contributed by atoms with Crippen LogP contribution >= 0.6 is 7.82 Å². The molecule has 10 heteroatoms. The van der Waals surface area contributed by atoms with Gasteiger partial charge in [-0.1, -0.05) is 167 Å². The van der Waals surface area contributed by atoms with Gasteiger partial charge in [0.05, 0.1) is 13.2 Å². The Morgan fingerprint density at radius 1 is 0.566 bits per heavy atom. The summed E-state index contributed by atoms with van der Waals surface area (Å²) in [4.78, 5) is 37.0. The van der Waals surface area contributed by atoms with Crippen LogP contribution in [0.15, 0.2) is 12.2 Å². The Labute approximate surface area is 326 Å². The normalized spacial score (nSPS) is 13.5. The smallest absolute Gasteiger partial charge is 0.462 e. The van der Waals surface area contributed by atoms with Crippen LogP contribution in [0.2, 0.25) is 0 Å². The summed E-state index contributed by atoms with van der Waals surface area (Å²) in [5, 5.41) is 0. The number of ether oxygens (including phenoxy) is 2. The maximum absolute atomic E-state index is 12.6. The molecule has 0 saturated carbocycles. The van der Waals surface area contributed by atoms with Gasteiger partial charge in [-0.3, -0.25) is 18.6 Å². The number of phosphoric ester groups is 1. The number of nitrogens with zero attached hydrogens (tertiary/aromatic N) is 1. The van der Waals surface area contributed by atoms with Crippen molar-refractivity contribution in [2.24, 2.45) is 0 Å². The Hall–Kier alpha value is -1.25. The first-order valence-electron chi connectivity index (χ1n) is 22.0. The lowest BCUT2D eigenvalue weighted by Crippen LogP contribution is -2.29. The highest BCUT2D eigenvalue weighted by Gasteiger charge is 2.26. The van der Waals surface area contributed by atoms with E-state index in [1.54, 1.807) is 0 Å². The van der Waals surface area contributed by atoms with Crippen molar-refractivity contribution in [3.05, 3.63) is 12.2 Å². The average Bonchev–Trinajstić information content (AvgIpc) is 3.12. The second-order valence-electron chi connectivity index (χ2n) is 15.2. The summed E-state index contributed by atoms with van der Waals surface area (Å²) >= 11 is 0. The molecule has 0 aliphatic heterocycles. The van der Waals surface area contributed by atoms with Gasteiger partial charge in [-0.2, -0.15) is 0 Å². The molecule has 9 nitrogen and oxygen atoms in total. The molecule has 1 N–H and O–H groups in total. The third kappa shape index (κ3) is 40.2. The number of hydrogen-bond acceptors (Lipinski definition) is 8. The standard InChI is InChI=1S/C43H84NO8P/c1-5-7-9-11-13-15-17-19-21-23-25-27-29-31-33-35-42(45)49-39-41(40-51-53(47,48)50-38-37-44(3)4)52-43(46)36-34-32-30-28-26-24-22-20-18-16-14-12-10-8-6-2/h19,21,41H,5-18,20,22-40H2,1-4H3,(H,47,48)/b21-19-. The van der Waals surface area contributed by atoms with Crippen molar-refractivity contribution in [2.45, 2.75) is 213 Å². The summed E-state index contributed by atoms with van der Waals surface area (Å²) in [5.74, 6) is -0.802. The Morgan fingerprint density at radius 2 is 0.962 bits per heavy atom. The molecular weight excluding hydrogens is 689 g/mol. The van der Waals surface area contributed by atoms with E-state index in [0.29, 0.717) is 13.0 Å². The molecule has 0 spiro atoms. The van der Waals surface area contributed by atoms with Gasteiger partial charge < -0.3 is 19.3 Å². The molecule has 53 heavy (non-hydrogen) atoms. The monoisotopic (exact) mass is 774 g/mol. The SMILES string of the molecule is CCCCCCCC/C=C\CCCCCCCC(=O)OCC(COP(=O)(O)OCCN(C)C)OC(=O)CCCCCCCCCCCCCCCCC. The lowest BCUT2D eigenvalue weighted by atomic mass is 10.0. The molecule has 0 aliphatic rings. The first kappa shape index (κ1) is 51.8. The van der Waals surface area contributed by atoms with E-state index in [1.807, 2.05) is 19.0 Å². The van der Waals surface area contributed by atoms with Crippen LogP contribution in [0.3, 0.4) is 0 Å². The summed E-state index contributed by atoms with van der Waals surface area (Å²) in [7, 11) is -0.705. The first-order chi connectivity index (χ1) is 25.7. The minimum atomic E-state index is -4.36. The maximum atomic E-state index is 12.6. The van der Waals surface area contributed by atoms with Crippen molar-refractivity contribution in [3.8, 4) is 0 Å². The van der Waals surface area contributed by atoms with Crippen molar-refractivity contribution in [3.63, 3.8) is 0 Å². The number of hydrogen-bond donors (Lipinski definition) is 1. The molecule has 0 rings (SSSR count). The molecule has 2 atom stereocenters. The summed E-state index contributed by atoms with van der Waals surface area (Å²) in [5.41, 5.74) is 0. The van der Waals surface area contributed by atoms with Crippen molar-refractivity contribution < 1.29 is 37.6 Å². The molecule has 0 aliphatic carbocycles. The first-order valence-corrected chi connectivity index (χ1v) is 23.5. The van der Waals surface area contributed by atoms with Crippen molar-refractivity contribution in [2.75, 3.05) is 40.5 Å². The fraction of sp³-hybridized carbons (Fsp3) is 0.907. The predicted octanol–water partition coefficient (Wildman–Crippen LogP) is 12.4. The molecule has 0 fully saturated rings. The number of likely N-dealkylation sites (N-methyl/N-ethyl adjacent to an activating group) is 1. The average molecular weight is 774 g/mol. The fourth-order valence-corrected chi connectivity index (χ4v) is 6.89. The molecular formula is C43H84NO8P. The molecule has 0 radical (unpaired) electrons. The van der Waals surface area contributed by atoms with Gasteiger partial charge in [-0.05, 0) is 52.6 Å². The highest BCUT2D eigenvalue weighted by molar-refractivity contribution is 7.47. The molecule has 314 valence electrons. The lowest BCUT2D eigenvalue weighted by Gasteiger charge is -2.20. The van der Waals surface area contributed by atoms with Crippen LogP contribution in [0, 0.1) is 0 Å². The van der Waals surface area contributed by atoms with Crippen LogP contribution in [-0.2, 0) is 32.7 Å². The Balaban J connectivity index is 4.27. The van der Waals surface area contributed by atoms with Crippen LogP contribution in [0.4, 0.5) is 0 Å². The van der Waals surface area contributed by atoms with Gasteiger partial charge in [-0.15, -0.1) is 0 Å². The minimum Gasteiger partial charge on any atom is -0.462 e. The van der Waals surface area contributed by atoms with E-state index in [2.05, 4.69) is 26.0 Å². The number of carbonyl (C=O) groups excluding carboxylic acids is 2. The topological polar surface area (TPSA) is 112 Å². The largest absolute Gasteiger partial charge is 0.472 e. The summed E-state index contributed by atoms with van der Waals surface area (Å²) in [6, 6.07) is 0. The molecule has 0 aromatic heterocycles. The predicted molar refractivity (Wildman–Crippen MR) is 220 cm³/mol. The number of rotatable bonds is 41. The van der Waals surface area contributed by atoms with Gasteiger partial charge in [0, 0.05) is 19.4 Å². The number of unbranched alkanes of at least 4 members (excludes halogenated alkanes) is 25. The van der Waals surface area contributed by atoms with Gasteiger partial charge in [0.1, 0.15) is 6.61 Å². The third-order valence-electron chi connectivity index (χ3n) is 9.57. The summed E-state index contributed by atoms with van der Waals surface area (Å²) in [6.07, 6.45) is 38.2. The van der Waals surface area contributed by atoms with Gasteiger partial charge in [0.15, 0.2) is 6.10 Å². The minimum absolute atomic E-state index is 0.00929. The molecule has 0 saturated heterocycles. The van der Waals surface area contributed by atoms with Crippen molar-refractivity contribution in [1.82, 2.24) is 4.90 Å². The number of allylic oxidation sites excluding steroid dienone is 2. The van der Waals surface area contributed by atoms with E-state index in [-0.39, 0.29) is 32.0 Å². The van der Waals surface area contributed by atoms with Crippen molar-refractivity contribution in [1.29, 1.82) is 0 Å². The van der Waals surface area contributed by atoms with E-state index >= 15 is 0 Å². The fourth-order valence-electron chi connectivity index (χ4n) is 6.15. The van der Waals surface area contributed by atoms with E-state index in [4.69, 9.17) is 18.5 Å². The van der Waals surface area contributed by atoms with Crippen molar-refractivity contribution >= 4 is 19.8 Å². The molecule has 0 bridgehead atoms. The summed E-state index contributed by atoms with van der Waals surface area (Å²) < 4.78 is 33.5. The Bertz CT molecular complexity index is 900. The zero-order chi connectivity index (χ0) is 39.1. The van der Waals surface area contributed by atoms with Crippen LogP contribution in [-0.4, -0.2) is 68.3 Å². The summed E-state index contributed by atoms with van der Waals surface area (Å²) in [6.45, 7) is 4.33. The van der Waals surface area contributed by atoms with Gasteiger partial charge >= 0.3 is 19.8 Å². The quantitative estimate of drug-likeness (QED) is 0.0281. The molecule has 0 aromatic rings. The van der Waals surface area contributed by atoms with Crippen LogP contribution in [0.1, 0.15) is 206 Å². The lowest BCUT2D eigenvalue weighted by molar-refractivity contribution is -0.161. The number of carbonyl (C=O) groups is 2. The number of phosphoric acid groups is 1. The zero-order valence-corrected chi connectivity index (χ0v) is 35.9. The van der Waals surface area contributed by atoms with Crippen LogP contribution < -0.4 is 0 Å². The number of esters is 2. The van der Waals surface area contributed by atoms with Gasteiger partial charge in [-0.25, -0.2) is 4.57 Å². The van der Waals surface area contributed by atoms with Crippen LogP contribution in [0.5, 0.6) is 0 Å². The third-order valence-corrected chi connectivity index (χ3v) is 10.6.